The van der Waals surface area contributed by atoms with Crippen molar-refractivity contribution >= 4 is 0 Å². The van der Waals surface area contributed by atoms with E-state index >= 15 is 0 Å². The van der Waals surface area contributed by atoms with Crippen molar-refractivity contribution in [3.8, 4) is 0 Å². The highest BCUT2D eigenvalue weighted by Crippen LogP contribution is 2.25. The van der Waals surface area contributed by atoms with Crippen molar-refractivity contribution in [2.75, 3.05) is 6.61 Å². The lowest BCUT2D eigenvalue weighted by Crippen LogP contribution is -2.43. The summed E-state index contributed by atoms with van der Waals surface area (Å²) in [7, 11) is 0. The van der Waals surface area contributed by atoms with Crippen LogP contribution < -0.4 is 0 Å². The molecule has 0 spiro atoms. The zero-order valence-electron chi connectivity index (χ0n) is 18.1. The molecule has 1 aliphatic rings. The Bertz CT molecular complexity index is 903. The SMILES string of the molecule is O[C@@H]1C[C@H](OCc2ccccc2)[C@@H](OCc2ccccc2)[C@H](OCc2ccccc2)CO1. The fourth-order valence-electron chi connectivity index (χ4n) is 3.78. The van der Waals surface area contributed by atoms with E-state index < -0.39 is 6.29 Å². The lowest BCUT2D eigenvalue weighted by Gasteiger charge is -2.31. The van der Waals surface area contributed by atoms with Crippen molar-refractivity contribution in [3.63, 3.8) is 0 Å². The van der Waals surface area contributed by atoms with Gasteiger partial charge in [-0.2, -0.15) is 0 Å². The Morgan fingerprint density at radius 2 is 1.06 bits per heavy atom. The monoisotopic (exact) mass is 434 g/mol. The van der Waals surface area contributed by atoms with E-state index in [2.05, 4.69) is 0 Å². The van der Waals surface area contributed by atoms with Gasteiger partial charge in [0.1, 0.15) is 12.2 Å². The van der Waals surface area contributed by atoms with Gasteiger partial charge in [0.15, 0.2) is 6.29 Å². The minimum absolute atomic E-state index is 0.235. The molecular formula is C27H30O5. The van der Waals surface area contributed by atoms with Crippen LogP contribution in [0.4, 0.5) is 0 Å². The third kappa shape index (κ3) is 6.73. The topological polar surface area (TPSA) is 57.2 Å². The van der Waals surface area contributed by atoms with Crippen molar-refractivity contribution in [2.24, 2.45) is 0 Å². The summed E-state index contributed by atoms with van der Waals surface area (Å²) in [6.07, 6.45) is -1.75. The molecule has 1 heterocycles. The summed E-state index contributed by atoms with van der Waals surface area (Å²) in [6, 6.07) is 30.0. The second-order valence-corrected chi connectivity index (χ2v) is 7.96. The van der Waals surface area contributed by atoms with Crippen LogP contribution in [0, 0.1) is 0 Å². The zero-order valence-corrected chi connectivity index (χ0v) is 18.1. The number of ether oxygens (including phenoxy) is 4. The first kappa shape index (κ1) is 22.6. The fraction of sp³-hybridized carbons (Fsp3) is 0.333. The molecule has 0 aromatic heterocycles. The van der Waals surface area contributed by atoms with Gasteiger partial charge in [0.05, 0.1) is 32.5 Å². The van der Waals surface area contributed by atoms with Gasteiger partial charge in [0.25, 0.3) is 0 Å². The summed E-state index contributed by atoms with van der Waals surface area (Å²) >= 11 is 0. The predicted molar refractivity (Wildman–Crippen MR) is 122 cm³/mol. The van der Waals surface area contributed by atoms with Gasteiger partial charge in [0.2, 0.25) is 0 Å². The van der Waals surface area contributed by atoms with Crippen LogP contribution in [-0.2, 0) is 38.8 Å². The maximum Gasteiger partial charge on any atom is 0.157 e. The molecular weight excluding hydrogens is 404 g/mol. The molecule has 32 heavy (non-hydrogen) atoms. The minimum Gasteiger partial charge on any atom is -0.371 e. The first-order valence-corrected chi connectivity index (χ1v) is 11.0. The first-order chi connectivity index (χ1) is 15.8. The zero-order chi connectivity index (χ0) is 22.0. The molecule has 0 unspecified atom stereocenters. The number of hydrogen-bond donors (Lipinski definition) is 1. The van der Waals surface area contributed by atoms with Crippen molar-refractivity contribution in [3.05, 3.63) is 108 Å². The lowest BCUT2D eigenvalue weighted by atomic mass is 10.1. The van der Waals surface area contributed by atoms with Crippen LogP contribution >= 0.6 is 0 Å². The van der Waals surface area contributed by atoms with E-state index in [9.17, 15) is 5.11 Å². The number of benzene rings is 3. The molecule has 1 fully saturated rings. The largest absolute Gasteiger partial charge is 0.371 e. The number of aliphatic hydroxyl groups excluding tert-OH is 1. The van der Waals surface area contributed by atoms with E-state index in [0.29, 0.717) is 26.2 Å². The summed E-state index contributed by atoms with van der Waals surface area (Å²) in [5.41, 5.74) is 3.21. The van der Waals surface area contributed by atoms with Crippen LogP contribution in [0.2, 0.25) is 0 Å². The Hall–Kier alpha value is -2.54. The third-order valence-corrected chi connectivity index (χ3v) is 5.52. The third-order valence-electron chi connectivity index (χ3n) is 5.52. The van der Waals surface area contributed by atoms with Crippen LogP contribution in [0.3, 0.4) is 0 Å². The summed E-state index contributed by atoms with van der Waals surface area (Å²) in [6.45, 7) is 1.52. The van der Waals surface area contributed by atoms with Gasteiger partial charge in [-0.3, -0.25) is 0 Å². The van der Waals surface area contributed by atoms with Gasteiger partial charge in [-0.15, -0.1) is 0 Å². The summed E-state index contributed by atoms with van der Waals surface area (Å²) < 4.78 is 24.5. The average Bonchev–Trinajstić information content (AvgIpc) is 3.00. The number of aliphatic hydroxyl groups is 1. The maximum atomic E-state index is 10.3. The Labute approximate surface area is 189 Å². The van der Waals surface area contributed by atoms with Crippen molar-refractivity contribution in [1.82, 2.24) is 0 Å². The summed E-state index contributed by atoms with van der Waals surface area (Å²) in [4.78, 5) is 0. The van der Waals surface area contributed by atoms with Crippen LogP contribution in [-0.4, -0.2) is 36.3 Å². The van der Waals surface area contributed by atoms with E-state index in [-0.39, 0.29) is 24.9 Å². The molecule has 168 valence electrons. The maximum absolute atomic E-state index is 10.3. The average molecular weight is 435 g/mol. The Balaban J connectivity index is 1.49. The standard InChI is InChI=1S/C27H30O5/c28-26-16-24(29-17-21-10-4-1-5-11-21)27(32-19-23-14-8-3-9-15-23)25(20-31-26)30-18-22-12-6-2-7-13-22/h1-15,24-28H,16-20H2/t24-,25+,26-,27+/m0/s1. The highest BCUT2D eigenvalue weighted by atomic mass is 16.6. The van der Waals surface area contributed by atoms with E-state index in [1.807, 2.05) is 91.0 Å². The van der Waals surface area contributed by atoms with Crippen molar-refractivity contribution in [2.45, 2.75) is 50.8 Å². The lowest BCUT2D eigenvalue weighted by molar-refractivity contribution is -0.152. The van der Waals surface area contributed by atoms with Gasteiger partial charge in [0, 0.05) is 6.42 Å². The minimum atomic E-state index is -0.927. The molecule has 5 nitrogen and oxygen atoms in total. The molecule has 1 saturated heterocycles. The molecule has 4 rings (SSSR count). The predicted octanol–water partition coefficient (Wildman–Crippen LogP) is 4.48. The molecule has 0 amide bonds. The van der Waals surface area contributed by atoms with Gasteiger partial charge in [-0.1, -0.05) is 91.0 Å². The van der Waals surface area contributed by atoms with E-state index in [0.717, 1.165) is 16.7 Å². The molecule has 1 aliphatic heterocycles. The van der Waals surface area contributed by atoms with Crippen LogP contribution in [0.15, 0.2) is 91.0 Å². The summed E-state index contributed by atoms with van der Waals surface area (Å²) in [5, 5.41) is 10.3. The molecule has 0 aliphatic carbocycles. The molecule has 0 bridgehead atoms. The Morgan fingerprint density at radius 1 is 0.625 bits per heavy atom. The first-order valence-electron chi connectivity index (χ1n) is 11.0. The molecule has 3 aromatic rings. The van der Waals surface area contributed by atoms with E-state index in [1.54, 1.807) is 0 Å². The van der Waals surface area contributed by atoms with E-state index in [1.165, 1.54) is 0 Å². The van der Waals surface area contributed by atoms with Gasteiger partial charge in [-0.05, 0) is 16.7 Å². The fourth-order valence-corrected chi connectivity index (χ4v) is 3.78. The van der Waals surface area contributed by atoms with E-state index in [4.69, 9.17) is 18.9 Å². The highest BCUT2D eigenvalue weighted by Gasteiger charge is 2.37. The van der Waals surface area contributed by atoms with Crippen LogP contribution in [0.1, 0.15) is 23.1 Å². The quantitative estimate of drug-likeness (QED) is 0.538. The highest BCUT2D eigenvalue weighted by molar-refractivity contribution is 5.15. The van der Waals surface area contributed by atoms with Gasteiger partial charge in [-0.25, -0.2) is 0 Å². The Kier molecular flexibility index (Phi) is 8.42. The number of rotatable bonds is 9. The van der Waals surface area contributed by atoms with Crippen LogP contribution in [0.5, 0.6) is 0 Å². The van der Waals surface area contributed by atoms with Crippen molar-refractivity contribution in [1.29, 1.82) is 0 Å². The second kappa shape index (κ2) is 11.9. The van der Waals surface area contributed by atoms with Gasteiger partial charge < -0.3 is 24.1 Å². The molecule has 5 heteroatoms. The Morgan fingerprint density at radius 3 is 1.56 bits per heavy atom. The molecule has 0 radical (unpaired) electrons. The van der Waals surface area contributed by atoms with Crippen molar-refractivity contribution < 1.29 is 24.1 Å². The normalized spacial score (nSPS) is 23.5. The molecule has 1 N–H and O–H groups in total. The van der Waals surface area contributed by atoms with Crippen LogP contribution in [0.25, 0.3) is 0 Å². The second-order valence-electron chi connectivity index (χ2n) is 7.96. The van der Waals surface area contributed by atoms with Gasteiger partial charge >= 0.3 is 0 Å². The smallest absolute Gasteiger partial charge is 0.157 e. The number of hydrogen-bond acceptors (Lipinski definition) is 5. The molecule has 3 aromatic carbocycles. The molecule has 0 saturated carbocycles. The molecule has 4 atom stereocenters. The summed E-state index contributed by atoms with van der Waals surface area (Å²) in [5.74, 6) is 0.